The molecule has 0 aliphatic heterocycles. The highest BCUT2D eigenvalue weighted by Gasteiger charge is 2.24. The maximum absolute atomic E-state index is 11.4. The molecule has 2 heterocycles. The first kappa shape index (κ1) is 11.1. The van der Waals surface area contributed by atoms with Crippen LogP contribution < -0.4 is 5.63 Å². The van der Waals surface area contributed by atoms with E-state index < -0.39 is 0 Å². The van der Waals surface area contributed by atoms with E-state index in [9.17, 15) is 4.79 Å². The molecule has 0 bridgehead atoms. The van der Waals surface area contributed by atoms with Crippen LogP contribution in [-0.2, 0) is 5.41 Å². The highest BCUT2D eigenvalue weighted by atomic mass is 16.4. The number of hydrogen-bond donors (Lipinski definition) is 0. The molecule has 3 rings (SSSR count). The van der Waals surface area contributed by atoms with Crippen LogP contribution in [0.5, 0.6) is 0 Å². The zero-order valence-electron chi connectivity index (χ0n) is 10.6. The van der Waals surface area contributed by atoms with Crippen LogP contribution in [0.25, 0.3) is 21.9 Å². The van der Waals surface area contributed by atoms with Gasteiger partial charge in [0.15, 0.2) is 0 Å². The van der Waals surface area contributed by atoms with Crippen molar-refractivity contribution in [1.29, 1.82) is 0 Å². The van der Waals surface area contributed by atoms with Crippen molar-refractivity contribution < 1.29 is 8.83 Å². The SMILES string of the molecule is CC(C)(C)c1c2occc2cc2ccc(=O)oc12. The summed E-state index contributed by atoms with van der Waals surface area (Å²) in [5.41, 5.74) is 1.87. The molecule has 1 aromatic carbocycles. The van der Waals surface area contributed by atoms with Gasteiger partial charge in [-0.25, -0.2) is 4.79 Å². The third-order valence-corrected chi connectivity index (χ3v) is 3.07. The van der Waals surface area contributed by atoms with Gasteiger partial charge in [0.2, 0.25) is 0 Å². The molecule has 0 fully saturated rings. The average Bonchev–Trinajstić information content (AvgIpc) is 2.71. The van der Waals surface area contributed by atoms with Crippen molar-refractivity contribution in [2.75, 3.05) is 0 Å². The summed E-state index contributed by atoms with van der Waals surface area (Å²) in [5, 5.41) is 1.95. The quantitative estimate of drug-likeness (QED) is 0.562. The minimum absolute atomic E-state index is 0.160. The molecule has 3 nitrogen and oxygen atoms in total. The van der Waals surface area contributed by atoms with E-state index in [2.05, 4.69) is 20.8 Å². The first-order valence-corrected chi connectivity index (χ1v) is 5.91. The van der Waals surface area contributed by atoms with Crippen LogP contribution in [0.15, 0.2) is 44.2 Å². The van der Waals surface area contributed by atoms with Crippen molar-refractivity contribution in [2.24, 2.45) is 0 Å². The third-order valence-electron chi connectivity index (χ3n) is 3.07. The molecule has 2 aromatic heterocycles. The Hall–Kier alpha value is -2.03. The molecule has 0 amide bonds. The lowest BCUT2D eigenvalue weighted by Gasteiger charge is -2.20. The Morgan fingerprint density at radius 3 is 2.44 bits per heavy atom. The summed E-state index contributed by atoms with van der Waals surface area (Å²) < 4.78 is 10.9. The van der Waals surface area contributed by atoms with Gasteiger partial charge in [-0.2, -0.15) is 0 Å². The molecule has 0 aliphatic rings. The predicted octanol–water partition coefficient (Wildman–Crippen LogP) is 3.84. The fraction of sp³-hybridized carbons (Fsp3) is 0.267. The molecular formula is C15H14O3. The number of furan rings is 1. The van der Waals surface area contributed by atoms with Crippen molar-refractivity contribution >= 4 is 21.9 Å². The summed E-state index contributed by atoms with van der Waals surface area (Å²) in [6.45, 7) is 6.24. The summed E-state index contributed by atoms with van der Waals surface area (Å²) >= 11 is 0. The Bertz CT molecular complexity index is 785. The summed E-state index contributed by atoms with van der Waals surface area (Å²) in [4.78, 5) is 11.4. The van der Waals surface area contributed by atoms with Crippen LogP contribution in [0.4, 0.5) is 0 Å². The largest absolute Gasteiger partial charge is 0.464 e. The highest BCUT2D eigenvalue weighted by molar-refractivity contribution is 5.97. The summed E-state index contributed by atoms with van der Waals surface area (Å²) in [6, 6.07) is 7.14. The maximum atomic E-state index is 11.4. The first-order valence-electron chi connectivity index (χ1n) is 5.91. The molecule has 0 atom stereocenters. The molecule has 3 heteroatoms. The van der Waals surface area contributed by atoms with E-state index in [4.69, 9.17) is 8.83 Å². The number of hydrogen-bond acceptors (Lipinski definition) is 3. The van der Waals surface area contributed by atoms with Gasteiger partial charge < -0.3 is 8.83 Å². The Morgan fingerprint density at radius 2 is 1.72 bits per heavy atom. The minimum Gasteiger partial charge on any atom is -0.464 e. The molecule has 0 unspecified atom stereocenters. The van der Waals surface area contributed by atoms with Gasteiger partial charge >= 0.3 is 5.63 Å². The number of rotatable bonds is 0. The number of fused-ring (bicyclic) bond motifs is 2. The van der Waals surface area contributed by atoms with Gasteiger partial charge in [-0.1, -0.05) is 20.8 Å². The van der Waals surface area contributed by atoms with Crippen molar-refractivity contribution in [3.8, 4) is 0 Å². The lowest BCUT2D eigenvalue weighted by molar-refractivity contribution is 0.521. The molecule has 3 aromatic rings. The minimum atomic E-state index is -0.334. The normalized spacial score (nSPS) is 12.4. The van der Waals surface area contributed by atoms with E-state index in [0.29, 0.717) is 5.58 Å². The predicted molar refractivity (Wildman–Crippen MR) is 71.0 cm³/mol. The van der Waals surface area contributed by atoms with E-state index in [1.807, 2.05) is 12.1 Å². The molecule has 18 heavy (non-hydrogen) atoms. The lowest BCUT2D eigenvalue weighted by atomic mass is 9.85. The van der Waals surface area contributed by atoms with Crippen molar-refractivity contribution in [1.82, 2.24) is 0 Å². The molecule has 0 aliphatic carbocycles. The van der Waals surface area contributed by atoms with E-state index in [1.165, 1.54) is 6.07 Å². The zero-order valence-corrected chi connectivity index (χ0v) is 10.6. The fourth-order valence-electron chi connectivity index (χ4n) is 2.32. The third kappa shape index (κ3) is 1.55. The topological polar surface area (TPSA) is 43.4 Å². The van der Waals surface area contributed by atoms with Crippen LogP contribution >= 0.6 is 0 Å². The average molecular weight is 242 g/mol. The standard InChI is InChI=1S/C15H14O3/c1-15(2,3)12-13-10(6-7-17-13)8-9-4-5-11(16)18-14(9)12/h4-8H,1-3H3. The second kappa shape index (κ2) is 3.48. The van der Waals surface area contributed by atoms with Gasteiger partial charge in [0, 0.05) is 22.4 Å². The van der Waals surface area contributed by atoms with Crippen LogP contribution in [-0.4, -0.2) is 0 Å². The van der Waals surface area contributed by atoms with Gasteiger partial charge in [-0.05, 0) is 23.6 Å². The lowest BCUT2D eigenvalue weighted by Crippen LogP contribution is -2.13. The van der Waals surface area contributed by atoms with Crippen LogP contribution in [0, 0.1) is 0 Å². The molecule has 0 spiro atoms. The summed E-state index contributed by atoms with van der Waals surface area (Å²) in [5.74, 6) is 0. The summed E-state index contributed by atoms with van der Waals surface area (Å²) in [7, 11) is 0. The van der Waals surface area contributed by atoms with Crippen molar-refractivity contribution in [3.05, 3.63) is 46.5 Å². The Labute approximate surface area is 104 Å². The highest BCUT2D eigenvalue weighted by Crippen LogP contribution is 2.36. The van der Waals surface area contributed by atoms with Crippen molar-refractivity contribution in [2.45, 2.75) is 26.2 Å². The monoisotopic (exact) mass is 242 g/mol. The van der Waals surface area contributed by atoms with Gasteiger partial charge in [-0.15, -0.1) is 0 Å². The second-order valence-corrected chi connectivity index (χ2v) is 5.51. The Balaban J connectivity index is 2.61. The number of benzene rings is 1. The zero-order chi connectivity index (χ0) is 12.9. The van der Waals surface area contributed by atoms with Crippen molar-refractivity contribution in [3.63, 3.8) is 0 Å². The van der Waals surface area contributed by atoms with Crippen LogP contribution in [0.1, 0.15) is 26.3 Å². The maximum Gasteiger partial charge on any atom is 0.336 e. The molecule has 92 valence electrons. The Morgan fingerprint density at radius 1 is 1.00 bits per heavy atom. The van der Waals surface area contributed by atoms with E-state index in [1.54, 1.807) is 12.3 Å². The van der Waals surface area contributed by atoms with Gasteiger partial charge in [-0.3, -0.25) is 0 Å². The van der Waals surface area contributed by atoms with E-state index >= 15 is 0 Å². The fourth-order valence-corrected chi connectivity index (χ4v) is 2.32. The molecule has 0 radical (unpaired) electrons. The van der Waals surface area contributed by atoms with Crippen LogP contribution in [0.2, 0.25) is 0 Å². The molecular weight excluding hydrogens is 228 g/mol. The van der Waals surface area contributed by atoms with Gasteiger partial charge in [0.1, 0.15) is 11.2 Å². The van der Waals surface area contributed by atoms with E-state index in [-0.39, 0.29) is 11.0 Å². The van der Waals surface area contributed by atoms with E-state index in [0.717, 1.165) is 21.9 Å². The van der Waals surface area contributed by atoms with Crippen LogP contribution in [0.3, 0.4) is 0 Å². The molecule has 0 N–H and O–H groups in total. The Kier molecular flexibility index (Phi) is 2.14. The smallest absolute Gasteiger partial charge is 0.336 e. The summed E-state index contributed by atoms with van der Waals surface area (Å²) in [6.07, 6.45) is 1.66. The van der Waals surface area contributed by atoms with Gasteiger partial charge in [0.25, 0.3) is 0 Å². The molecule has 0 saturated heterocycles. The second-order valence-electron chi connectivity index (χ2n) is 5.51. The molecule has 0 saturated carbocycles. The van der Waals surface area contributed by atoms with Gasteiger partial charge in [0.05, 0.1) is 6.26 Å². The first-order chi connectivity index (χ1) is 8.47.